The van der Waals surface area contributed by atoms with Gasteiger partial charge in [0.1, 0.15) is 18.4 Å². The molecule has 8 nitrogen and oxygen atoms in total. The van der Waals surface area contributed by atoms with Crippen LogP contribution in [0.25, 0.3) is 0 Å². The molecule has 156 valence electrons. The monoisotopic (exact) mass is 421 g/mol. The summed E-state index contributed by atoms with van der Waals surface area (Å²) in [5.41, 5.74) is 1.03. The molecule has 2 aromatic carbocycles. The van der Waals surface area contributed by atoms with Gasteiger partial charge in [-0.05, 0) is 30.2 Å². The molecule has 0 saturated carbocycles. The van der Waals surface area contributed by atoms with E-state index in [1.165, 1.54) is 12.1 Å². The van der Waals surface area contributed by atoms with Gasteiger partial charge in [-0.15, -0.1) is 0 Å². The molecule has 2 N–H and O–H groups in total. The van der Waals surface area contributed by atoms with Gasteiger partial charge in [-0.1, -0.05) is 36.4 Å². The van der Waals surface area contributed by atoms with Crippen molar-refractivity contribution in [2.24, 2.45) is 0 Å². The third kappa shape index (κ3) is 6.79. The number of rotatable bonds is 8. The van der Waals surface area contributed by atoms with Crippen LogP contribution in [0.4, 0.5) is 4.79 Å². The number of amides is 1. The average Bonchev–Trinajstić information content (AvgIpc) is 2.67. The highest BCUT2D eigenvalue weighted by molar-refractivity contribution is 7.90. The van der Waals surface area contributed by atoms with E-state index in [1.807, 2.05) is 6.07 Å². The lowest BCUT2D eigenvalue weighted by molar-refractivity contribution is -0.145. The lowest BCUT2D eigenvalue weighted by atomic mass is 10.1. The summed E-state index contributed by atoms with van der Waals surface area (Å²) in [5.74, 6) is -0.950. The molecule has 0 heterocycles. The normalized spacial score (nSPS) is 12.1. The summed E-state index contributed by atoms with van der Waals surface area (Å²) in [6.45, 7) is 1.71. The molecule has 0 fully saturated rings. The summed E-state index contributed by atoms with van der Waals surface area (Å²) < 4.78 is 34.2. The minimum absolute atomic E-state index is 0.00994. The molecule has 0 unspecified atom stereocenters. The van der Waals surface area contributed by atoms with Gasteiger partial charge in [-0.3, -0.25) is 0 Å². The summed E-state index contributed by atoms with van der Waals surface area (Å²) in [4.78, 5) is 24.3. The van der Waals surface area contributed by atoms with Crippen LogP contribution in [0.2, 0.25) is 0 Å². The number of aromatic hydroxyl groups is 1. The van der Waals surface area contributed by atoms with Crippen LogP contribution in [0.15, 0.2) is 53.4 Å². The second-order valence-electron chi connectivity index (χ2n) is 6.28. The topological polar surface area (TPSA) is 119 Å². The molecule has 2 rings (SSSR count). The number of carbonyl (C=O) groups is 2. The molecule has 29 heavy (non-hydrogen) atoms. The number of hydrogen-bond donors (Lipinski definition) is 2. The van der Waals surface area contributed by atoms with Crippen LogP contribution in [0, 0.1) is 0 Å². The molecule has 0 bridgehead atoms. The molecule has 1 atom stereocenters. The van der Waals surface area contributed by atoms with Crippen molar-refractivity contribution in [3.05, 3.63) is 59.7 Å². The SMILES string of the molecule is CCOC(=O)[C@H](Cc1ccc(O)cc1S(C)(=O)=O)NC(=O)OCc1ccccc1. The van der Waals surface area contributed by atoms with Gasteiger partial charge in [-0.25, -0.2) is 18.0 Å². The van der Waals surface area contributed by atoms with Crippen LogP contribution in [0.5, 0.6) is 5.75 Å². The van der Waals surface area contributed by atoms with Crippen molar-refractivity contribution in [1.29, 1.82) is 0 Å². The third-order valence-electron chi connectivity index (χ3n) is 3.95. The Balaban J connectivity index is 2.17. The van der Waals surface area contributed by atoms with Crippen molar-refractivity contribution >= 4 is 21.9 Å². The molecule has 0 aliphatic heterocycles. The minimum atomic E-state index is -3.67. The zero-order valence-corrected chi connectivity index (χ0v) is 16.9. The van der Waals surface area contributed by atoms with Crippen molar-refractivity contribution in [3.63, 3.8) is 0 Å². The number of nitrogens with one attached hydrogen (secondary N) is 1. The number of hydrogen-bond acceptors (Lipinski definition) is 7. The van der Waals surface area contributed by atoms with Crippen LogP contribution >= 0.6 is 0 Å². The maximum Gasteiger partial charge on any atom is 0.408 e. The molecule has 0 aromatic heterocycles. The number of sulfone groups is 1. The van der Waals surface area contributed by atoms with E-state index in [2.05, 4.69) is 5.32 Å². The standard InChI is InChI=1S/C20H23NO7S/c1-3-27-19(23)17(21-20(24)28-13-14-7-5-4-6-8-14)11-15-9-10-16(22)12-18(15)29(2,25)26/h4-10,12,17,22H,3,11,13H2,1-2H3,(H,21,24)/t17-/m0/s1. The van der Waals surface area contributed by atoms with E-state index >= 15 is 0 Å². The maximum atomic E-state index is 12.3. The fourth-order valence-corrected chi connectivity index (χ4v) is 3.58. The Kier molecular flexibility index (Phi) is 7.60. The third-order valence-corrected chi connectivity index (χ3v) is 5.13. The van der Waals surface area contributed by atoms with Crippen molar-refractivity contribution in [2.45, 2.75) is 30.9 Å². The Hall–Kier alpha value is -3.07. The second kappa shape index (κ2) is 9.92. The lowest BCUT2D eigenvalue weighted by Gasteiger charge is -2.18. The number of ether oxygens (including phenoxy) is 2. The summed E-state index contributed by atoms with van der Waals surface area (Å²) in [5, 5.41) is 12.0. The average molecular weight is 421 g/mol. The van der Waals surface area contributed by atoms with E-state index in [1.54, 1.807) is 31.2 Å². The Labute approximate surface area is 169 Å². The van der Waals surface area contributed by atoms with Crippen molar-refractivity contribution in [3.8, 4) is 5.75 Å². The summed E-state index contributed by atoms with van der Waals surface area (Å²) in [6, 6.07) is 11.6. The Morgan fingerprint density at radius 2 is 1.79 bits per heavy atom. The highest BCUT2D eigenvalue weighted by atomic mass is 32.2. The van der Waals surface area contributed by atoms with Crippen LogP contribution < -0.4 is 5.32 Å². The molecule has 0 aliphatic rings. The van der Waals surface area contributed by atoms with E-state index in [4.69, 9.17) is 9.47 Å². The number of benzene rings is 2. The molecule has 0 aliphatic carbocycles. The molecular formula is C20H23NO7S. The van der Waals surface area contributed by atoms with E-state index in [0.717, 1.165) is 17.9 Å². The van der Waals surface area contributed by atoms with E-state index in [9.17, 15) is 23.1 Å². The summed E-state index contributed by atoms with van der Waals surface area (Å²) >= 11 is 0. The van der Waals surface area contributed by atoms with Crippen molar-refractivity contribution in [2.75, 3.05) is 12.9 Å². The highest BCUT2D eigenvalue weighted by Crippen LogP contribution is 2.23. The number of phenols is 1. The molecular weight excluding hydrogens is 398 g/mol. The van der Waals surface area contributed by atoms with Gasteiger partial charge >= 0.3 is 12.1 Å². The van der Waals surface area contributed by atoms with Crippen molar-refractivity contribution in [1.82, 2.24) is 5.32 Å². The first kappa shape index (κ1) is 22.2. The summed E-state index contributed by atoms with van der Waals surface area (Å²) in [7, 11) is -3.67. The van der Waals surface area contributed by atoms with Crippen LogP contribution in [0.1, 0.15) is 18.1 Å². The Morgan fingerprint density at radius 3 is 2.41 bits per heavy atom. The molecule has 0 radical (unpaired) electrons. The Bertz CT molecular complexity index is 958. The zero-order chi connectivity index (χ0) is 21.4. The predicted molar refractivity (Wildman–Crippen MR) is 105 cm³/mol. The quantitative estimate of drug-likeness (QED) is 0.627. The van der Waals surface area contributed by atoms with Gasteiger partial charge in [0.05, 0.1) is 11.5 Å². The summed E-state index contributed by atoms with van der Waals surface area (Å²) in [6.07, 6.45) is 0.000299. The first-order chi connectivity index (χ1) is 13.7. The molecule has 0 spiro atoms. The Morgan fingerprint density at radius 1 is 1.10 bits per heavy atom. The highest BCUT2D eigenvalue weighted by Gasteiger charge is 2.26. The van der Waals surface area contributed by atoms with Gasteiger partial charge in [0.15, 0.2) is 9.84 Å². The largest absolute Gasteiger partial charge is 0.508 e. The van der Waals surface area contributed by atoms with Crippen molar-refractivity contribution < 1.29 is 32.6 Å². The lowest BCUT2D eigenvalue weighted by Crippen LogP contribution is -2.43. The maximum absolute atomic E-state index is 12.3. The number of carbonyl (C=O) groups excluding carboxylic acids is 2. The minimum Gasteiger partial charge on any atom is -0.508 e. The molecule has 0 saturated heterocycles. The fraction of sp³-hybridized carbons (Fsp3) is 0.300. The molecule has 9 heteroatoms. The van der Waals surface area contributed by atoms with Gasteiger partial charge in [0.25, 0.3) is 0 Å². The van der Waals surface area contributed by atoms with E-state index in [-0.39, 0.29) is 35.8 Å². The first-order valence-corrected chi connectivity index (χ1v) is 10.8. The number of alkyl carbamates (subject to hydrolysis) is 1. The van der Waals surface area contributed by atoms with Gasteiger partial charge in [0, 0.05) is 12.7 Å². The molecule has 2 aromatic rings. The van der Waals surface area contributed by atoms with Crippen LogP contribution in [0.3, 0.4) is 0 Å². The van der Waals surface area contributed by atoms with E-state index < -0.39 is 27.9 Å². The smallest absolute Gasteiger partial charge is 0.408 e. The second-order valence-corrected chi connectivity index (χ2v) is 8.26. The van der Waals surface area contributed by atoms with Gasteiger partial charge in [0.2, 0.25) is 0 Å². The fourth-order valence-electron chi connectivity index (χ4n) is 2.62. The van der Waals surface area contributed by atoms with Gasteiger partial charge in [-0.2, -0.15) is 0 Å². The number of phenolic OH excluding ortho intramolecular Hbond substituents is 1. The molecule has 1 amide bonds. The predicted octanol–water partition coefficient (Wildman–Crippen LogP) is 2.20. The van der Waals surface area contributed by atoms with E-state index in [0.29, 0.717) is 0 Å². The zero-order valence-electron chi connectivity index (χ0n) is 16.1. The van der Waals surface area contributed by atoms with Gasteiger partial charge < -0.3 is 19.9 Å². The van der Waals surface area contributed by atoms with Crippen LogP contribution in [-0.2, 0) is 37.1 Å². The first-order valence-electron chi connectivity index (χ1n) is 8.86. The van der Waals surface area contributed by atoms with Crippen LogP contribution in [-0.4, -0.2) is 44.5 Å². The number of esters is 1.